The molecule has 2 rings (SSSR count). The van der Waals surface area contributed by atoms with Crippen LogP contribution in [0.1, 0.15) is 42.1 Å². The van der Waals surface area contributed by atoms with Crippen LogP contribution in [0.15, 0.2) is 42.5 Å². The Morgan fingerprint density at radius 2 is 1.93 bits per heavy atom. The molecule has 0 bridgehead atoms. The van der Waals surface area contributed by atoms with Crippen molar-refractivity contribution in [2.45, 2.75) is 32.6 Å². The van der Waals surface area contributed by atoms with Crippen molar-refractivity contribution in [3.8, 4) is 11.5 Å². The molecular weight excluding hydrogens is 344 g/mol. The predicted octanol–water partition coefficient (Wildman–Crippen LogP) is 3.50. The van der Waals surface area contributed by atoms with Gasteiger partial charge in [0.2, 0.25) is 6.41 Å². The number of aromatic hydroxyl groups is 1. The van der Waals surface area contributed by atoms with Gasteiger partial charge in [-0.3, -0.25) is 9.59 Å². The summed E-state index contributed by atoms with van der Waals surface area (Å²) < 4.78 is 5.74. The summed E-state index contributed by atoms with van der Waals surface area (Å²) in [6, 6.07) is 11.9. The molecule has 27 heavy (non-hydrogen) atoms. The van der Waals surface area contributed by atoms with Gasteiger partial charge in [0.25, 0.3) is 5.91 Å². The maximum atomic E-state index is 12.4. The van der Waals surface area contributed by atoms with Gasteiger partial charge in [-0.15, -0.1) is 0 Å². The Morgan fingerprint density at radius 1 is 1.15 bits per heavy atom. The molecule has 2 aromatic rings. The zero-order valence-corrected chi connectivity index (χ0v) is 15.5. The van der Waals surface area contributed by atoms with Crippen LogP contribution in [0.2, 0.25) is 0 Å². The van der Waals surface area contributed by atoms with Crippen LogP contribution >= 0.6 is 0 Å². The van der Waals surface area contributed by atoms with Crippen molar-refractivity contribution < 1.29 is 19.4 Å². The molecule has 2 aromatic carbocycles. The number of amides is 2. The Hall–Kier alpha value is -3.02. The van der Waals surface area contributed by atoms with E-state index in [1.165, 1.54) is 0 Å². The van der Waals surface area contributed by atoms with Crippen LogP contribution in [-0.4, -0.2) is 30.6 Å². The number of unbranched alkanes of at least 4 members (excludes halogenated alkanes) is 2. The van der Waals surface area contributed by atoms with E-state index in [-0.39, 0.29) is 11.7 Å². The van der Waals surface area contributed by atoms with Crippen LogP contribution in [0, 0.1) is 0 Å². The van der Waals surface area contributed by atoms with E-state index in [1.54, 1.807) is 30.3 Å². The minimum Gasteiger partial charge on any atom is -0.508 e. The lowest BCUT2D eigenvalue weighted by molar-refractivity contribution is -0.105. The Morgan fingerprint density at radius 3 is 2.63 bits per heavy atom. The molecule has 3 N–H and O–H groups in total. The SMILES string of the molecule is CCCCCOc1cc(C(=O)NCCc2ccc(O)cc2)ccc1NC=O. The number of carbonyl (C=O) groups is 2. The maximum absolute atomic E-state index is 12.4. The molecule has 0 fully saturated rings. The van der Waals surface area contributed by atoms with E-state index >= 15 is 0 Å². The van der Waals surface area contributed by atoms with E-state index in [0.717, 1.165) is 24.8 Å². The molecule has 0 aliphatic rings. The van der Waals surface area contributed by atoms with E-state index in [0.29, 0.717) is 43.0 Å². The molecule has 0 radical (unpaired) electrons. The molecular formula is C21H26N2O4. The molecule has 0 spiro atoms. The summed E-state index contributed by atoms with van der Waals surface area (Å²) in [7, 11) is 0. The van der Waals surface area contributed by atoms with Crippen LogP contribution in [0.5, 0.6) is 11.5 Å². The molecule has 0 aliphatic carbocycles. The number of nitrogens with one attached hydrogen (secondary N) is 2. The monoisotopic (exact) mass is 370 g/mol. The molecule has 6 heteroatoms. The summed E-state index contributed by atoms with van der Waals surface area (Å²) in [4.78, 5) is 23.1. The lowest BCUT2D eigenvalue weighted by Gasteiger charge is -2.13. The summed E-state index contributed by atoms with van der Waals surface area (Å²) in [5, 5.41) is 14.8. The van der Waals surface area contributed by atoms with Crippen molar-refractivity contribution >= 4 is 18.0 Å². The second-order valence-electron chi connectivity index (χ2n) is 6.20. The van der Waals surface area contributed by atoms with Crippen LogP contribution in [-0.2, 0) is 11.2 Å². The normalized spacial score (nSPS) is 10.3. The number of anilines is 1. The second kappa shape index (κ2) is 10.9. The first-order valence-corrected chi connectivity index (χ1v) is 9.17. The number of rotatable bonds is 11. The van der Waals surface area contributed by atoms with E-state index in [9.17, 15) is 14.7 Å². The number of carbonyl (C=O) groups excluding carboxylic acids is 2. The number of benzene rings is 2. The van der Waals surface area contributed by atoms with E-state index < -0.39 is 0 Å². The molecule has 2 amide bonds. The highest BCUT2D eigenvalue weighted by Gasteiger charge is 2.10. The van der Waals surface area contributed by atoms with Gasteiger partial charge in [-0.25, -0.2) is 0 Å². The zero-order valence-electron chi connectivity index (χ0n) is 15.5. The molecule has 0 aliphatic heterocycles. The van der Waals surface area contributed by atoms with Crippen molar-refractivity contribution in [2.75, 3.05) is 18.5 Å². The minimum absolute atomic E-state index is 0.204. The average molecular weight is 370 g/mol. The number of phenols is 1. The van der Waals surface area contributed by atoms with Gasteiger partial charge in [-0.1, -0.05) is 31.9 Å². The van der Waals surface area contributed by atoms with Crippen LogP contribution in [0.3, 0.4) is 0 Å². The topological polar surface area (TPSA) is 87.7 Å². The standard InChI is InChI=1S/C21H26N2O4/c1-2-3-4-13-27-20-14-17(7-10-19(20)23-15-24)21(26)22-12-11-16-5-8-18(25)9-6-16/h5-10,14-15,25H,2-4,11-13H2,1H3,(H,22,26)(H,23,24). The summed E-state index contributed by atoms with van der Waals surface area (Å²) in [5.74, 6) is 0.507. The highest BCUT2D eigenvalue weighted by Crippen LogP contribution is 2.26. The van der Waals surface area contributed by atoms with E-state index in [1.807, 2.05) is 12.1 Å². The van der Waals surface area contributed by atoms with Crippen LogP contribution in [0.25, 0.3) is 0 Å². The molecule has 144 valence electrons. The average Bonchev–Trinajstić information content (AvgIpc) is 2.68. The highest BCUT2D eigenvalue weighted by atomic mass is 16.5. The summed E-state index contributed by atoms with van der Waals surface area (Å²) in [5.41, 5.74) is 2.04. The van der Waals surface area contributed by atoms with E-state index in [4.69, 9.17) is 4.74 Å². The molecule has 0 atom stereocenters. The Labute approximate surface area is 159 Å². The van der Waals surface area contributed by atoms with Crippen molar-refractivity contribution in [1.82, 2.24) is 5.32 Å². The Bertz CT molecular complexity index is 744. The molecule has 0 saturated heterocycles. The van der Waals surface area contributed by atoms with Gasteiger partial charge in [-0.2, -0.15) is 0 Å². The predicted molar refractivity (Wildman–Crippen MR) is 105 cm³/mol. The van der Waals surface area contributed by atoms with Crippen molar-refractivity contribution in [2.24, 2.45) is 0 Å². The molecule has 6 nitrogen and oxygen atoms in total. The number of ether oxygens (including phenoxy) is 1. The highest BCUT2D eigenvalue weighted by molar-refractivity contribution is 5.95. The fraction of sp³-hybridized carbons (Fsp3) is 0.333. The lowest BCUT2D eigenvalue weighted by atomic mass is 10.1. The summed E-state index contributed by atoms with van der Waals surface area (Å²) >= 11 is 0. The summed E-state index contributed by atoms with van der Waals surface area (Å²) in [6.45, 7) is 3.13. The third-order valence-electron chi connectivity index (χ3n) is 4.10. The maximum Gasteiger partial charge on any atom is 0.251 e. The summed E-state index contributed by atoms with van der Waals surface area (Å²) in [6.07, 6.45) is 4.32. The van der Waals surface area contributed by atoms with Gasteiger partial charge in [0, 0.05) is 12.1 Å². The van der Waals surface area contributed by atoms with Crippen LogP contribution in [0.4, 0.5) is 5.69 Å². The first-order chi connectivity index (χ1) is 13.1. The fourth-order valence-corrected chi connectivity index (χ4v) is 2.58. The van der Waals surface area contributed by atoms with E-state index in [2.05, 4.69) is 17.6 Å². The fourth-order valence-electron chi connectivity index (χ4n) is 2.58. The van der Waals surface area contributed by atoms with Crippen molar-refractivity contribution in [3.05, 3.63) is 53.6 Å². The van der Waals surface area contributed by atoms with Crippen molar-refractivity contribution in [3.63, 3.8) is 0 Å². The first-order valence-electron chi connectivity index (χ1n) is 9.17. The third kappa shape index (κ3) is 6.66. The second-order valence-corrected chi connectivity index (χ2v) is 6.20. The lowest BCUT2D eigenvalue weighted by Crippen LogP contribution is -2.25. The Kier molecular flexibility index (Phi) is 8.16. The van der Waals surface area contributed by atoms with Crippen LogP contribution < -0.4 is 15.4 Å². The smallest absolute Gasteiger partial charge is 0.251 e. The molecule has 0 saturated carbocycles. The molecule has 0 aromatic heterocycles. The first kappa shape index (κ1) is 20.3. The van der Waals surface area contributed by atoms with Crippen molar-refractivity contribution in [1.29, 1.82) is 0 Å². The molecule has 0 unspecified atom stereocenters. The number of hydrogen-bond acceptors (Lipinski definition) is 4. The third-order valence-corrected chi connectivity index (χ3v) is 4.10. The largest absolute Gasteiger partial charge is 0.508 e. The van der Waals surface area contributed by atoms with Gasteiger partial charge in [0.05, 0.1) is 12.3 Å². The van der Waals surface area contributed by atoms with Gasteiger partial charge >= 0.3 is 0 Å². The van der Waals surface area contributed by atoms with Gasteiger partial charge in [0.1, 0.15) is 11.5 Å². The molecule has 0 heterocycles. The number of hydrogen-bond donors (Lipinski definition) is 3. The minimum atomic E-state index is -0.204. The Balaban J connectivity index is 1.95. The zero-order chi connectivity index (χ0) is 19.5. The van der Waals surface area contributed by atoms with Gasteiger partial charge in [0.15, 0.2) is 0 Å². The quantitative estimate of drug-likeness (QED) is 0.417. The number of phenolic OH excluding ortho intramolecular Hbond substituents is 1. The van der Waals surface area contributed by atoms with Gasteiger partial charge in [-0.05, 0) is 48.7 Å². The van der Waals surface area contributed by atoms with Gasteiger partial charge < -0.3 is 20.5 Å².